The number of amides is 1. The van der Waals surface area contributed by atoms with Crippen LogP contribution >= 0.6 is 23.2 Å². The van der Waals surface area contributed by atoms with Gasteiger partial charge in [0, 0.05) is 24.2 Å². The third kappa shape index (κ3) is 3.41. The zero-order chi connectivity index (χ0) is 14.0. The van der Waals surface area contributed by atoms with E-state index in [0.717, 1.165) is 19.4 Å². The molecule has 2 rings (SSSR count). The molecule has 1 aromatic rings. The van der Waals surface area contributed by atoms with Crippen LogP contribution in [0.2, 0.25) is 10.0 Å². The van der Waals surface area contributed by atoms with Gasteiger partial charge in [-0.15, -0.1) is 0 Å². The van der Waals surface area contributed by atoms with Crippen LogP contribution in [0.5, 0.6) is 0 Å². The number of nitrogens with two attached hydrogens (primary N) is 1. The highest BCUT2D eigenvalue weighted by Crippen LogP contribution is 2.25. The Labute approximate surface area is 123 Å². The lowest BCUT2D eigenvalue weighted by Crippen LogP contribution is -2.45. The highest BCUT2D eigenvalue weighted by atomic mass is 35.5. The minimum absolute atomic E-state index is 0.0352. The van der Waals surface area contributed by atoms with Crippen molar-refractivity contribution in [1.29, 1.82) is 0 Å². The van der Waals surface area contributed by atoms with Crippen LogP contribution in [-0.4, -0.2) is 29.9 Å². The third-order valence-corrected chi connectivity index (χ3v) is 4.20. The lowest BCUT2D eigenvalue weighted by atomic mass is 9.92. The molecule has 1 amide bonds. The zero-order valence-corrected chi connectivity index (χ0v) is 12.4. The van der Waals surface area contributed by atoms with E-state index in [0.29, 0.717) is 28.1 Å². The van der Waals surface area contributed by atoms with Gasteiger partial charge in [0.1, 0.15) is 0 Å². The van der Waals surface area contributed by atoms with E-state index in [2.05, 4.69) is 0 Å². The van der Waals surface area contributed by atoms with Crippen LogP contribution in [0.1, 0.15) is 30.1 Å². The second kappa shape index (κ2) is 6.12. The molecule has 2 N–H and O–H groups in total. The maximum atomic E-state index is 12.5. The summed E-state index contributed by atoms with van der Waals surface area (Å²) in [6, 6.07) is 5.08. The fourth-order valence-electron chi connectivity index (χ4n) is 2.46. The largest absolute Gasteiger partial charge is 0.338 e. The second-order valence-electron chi connectivity index (χ2n) is 5.14. The Morgan fingerprint density at radius 1 is 1.47 bits per heavy atom. The highest BCUT2D eigenvalue weighted by Gasteiger charge is 2.27. The van der Waals surface area contributed by atoms with Crippen molar-refractivity contribution in [3.63, 3.8) is 0 Å². The van der Waals surface area contributed by atoms with Crippen molar-refractivity contribution in [1.82, 2.24) is 4.90 Å². The molecule has 0 saturated carbocycles. The van der Waals surface area contributed by atoms with Gasteiger partial charge < -0.3 is 10.6 Å². The summed E-state index contributed by atoms with van der Waals surface area (Å²) in [6.45, 7) is 3.46. The Kier molecular flexibility index (Phi) is 4.71. The maximum absolute atomic E-state index is 12.5. The van der Waals surface area contributed by atoms with Gasteiger partial charge in [0.05, 0.1) is 10.6 Å². The number of likely N-dealkylation sites (tertiary alicyclic amines) is 1. The Balaban J connectivity index is 2.15. The molecule has 3 nitrogen and oxygen atoms in total. The number of piperidine rings is 1. The minimum atomic E-state index is -0.0352. The Bertz CT molecular complexity index is 477. The van der Waals surface area contributed by atoms with Crippen molar-refractivity contribution in [3.05, 3.63) is 33.8 Å². The molecule has 1 aromatic carbocycles. The van der Waals surface area contributed by atoms with Crippen LogP contribution in [0.25, 0.3) is 0 Å². The van der Waals surface area contributed by atoms with Crippen LogP contribution in [0.4, 0.5) is 0 Å². The number of halogens is 2. The van der Waals surface area contributed by atoms with Crippen LogP contribution < -0.4 is 5.73 Å². The standard InChI is InChI=1S/C14H18Cl2N2O/c1-9(17)10-3-2-6-18(8-10)14(19)12-5-4-11(15)7-13(12)16/h4-5,7,9-10H,2-3,6,8,17H2,1H3/t9-,10-/m0/s1. The molecule has 0 spiro atoms. The van der Waals surface area contributed by atoms with Crippen molar-refractivity contribution in [2.45, 2.75) is 25.8 Å². The first-order valence-corrected chi connectivity index (χ1v) is 7.24. The van der Waals surface area contributed by atoms with Gasteiger partial charge in [0.25, 0.3) is 5.91 Å². The van der Waals surface area contributed by atoms with E-state index in [4.69, 9.17) is 28.9 Å². The average Bonchev–Trinajstić information content (AvgIpc) is 2.38. The molecule has 0 radical (unpaired) electrons. The second-order valence-corrected chi connectivity index (χ2v) is 5.98. The number of hydrogen-bond donors (Lipinski definition) is 1. The van der Waals surface area contributed by atoms with Gasteiger partial charge in [-0.2, -0.15) is 0 Å². The van der Waals surface area contributed by atoms with Crippen molar-refractivity contribution >= 4 is 29.1 Å². The summed E-state index contributed by atoms with van der Waals surface area (Å²) in [5.41, 5.74) is 6.45. The Hall–Kier alpha value is -0.770. The number of rotatable bonds is 2. The van der Waals surface area contributed by atoms with Crippen molar-refractivity contribution in [2.75, 3.05) is 13.1 Å². The molecule has 0 aliphatic carbocycles. The van der Waals surface area contributed by atoms with E-state index in [-0.39, 0.29) is 11.9 Å². The first-order valence-electron chi connectivity index (χ1n) is 6.49. The molecule has 0 aromatic heterocycles. The van der Waals surface area contributed by atoms with E-state index in [1.165, 1.54) is 0 Å². The number of hydrogen-bond acceptors (Lipinski definition) is 2. The predicted molar refractivity (Wildman–Crippen MR) is 78.7 cm³/mol. The minimum Gasteiger partial charge on any atom is -0.338 e. The monoisotopic (exact) mass is 300 g/mol. The van der Waals surface area contributed by atoms with Crippen molar-refractivity contribution in [2.24, 2.45) is 11.7 Å². The van der Waals surface area contributed by atoms with E-state index in [9.17, 15) is 4.79 Å². The van der Waals surface area contributed by atoms with Gasteiger partial charge in [-0.25, -0.2) is 0 Å². The lowest BCUT2D eigenvalue weighted by molar-refractivity contribution is 0.0661. The number of benzene rings is 1. The summed E-state index contributed by atoms with van der Waals surface area (Å²) < 4.78 is 0. The quantitative estimate of drug-likeness (QED) is 0.912. The predicted octanol–water partition coefficient (Wildman–Crippen LogP) is 3.19. The summed E-state index contributed by atoms with van der Waals surface area (Å²) in [7, 11) is 0. The summed E-state index contributed by atoms with van der Waals surface area (Å²) in [6.07, 6.45) is 2.07. The normalized spacial score (nSPS) is 21.3. The van der Waals surface area contributed by atoms with Crippen LogP contribution in [-0.2, 0) is 0 Å². The number of nitrogens with zero attached hydrogens (tertiary/aromatic N) is 1. The summed E-state index contributed by atoms with van der Waals surface area (Å²) >= 11 is 11.9. The van der Waals surface area contributed by atoms with Crippen LogP contribution in [0, 0.1) is 5.92 Å². The first kappa shape index (κ1) is 14.6. The molecule has 19 heavy (non-hydrogen) atoms. The van der Waals surface area contributed by atoms with Gasteiger partial charge >= 0.3 is 0 Å². The summed E-state index contributed by atoms with van der Waals surface area (Å²) in [4.78, 5) is 14.3. The molecule has 1 aliphatic heterocycles. The molecule has 104 valence electrons. The molecule has 1 saturated heterocycles. The van der Waals surface area contributed by atoms with E-state index in [1.807, 2.05) is 11.8 Å². The van der Waals surface area contributed by atoms with Gasteiger partial charge in [0.2, 0.25) is 0 Å². The smallest absolute Gasteiger partial charge is 0.255 e. The SMILES string of the molecule is C[C@H](N)[C@H]1CCCN(C(=O)c2ccc(Cl)cc2Cl)C1. The molecule has 5 heteroatoms. The Morgan fingerprint density at radius 3 is 2.84 bits per heavy atom. The lowest BCUT2D eigenvalue weighted by Gasteiger charge is -2.34. The molecule has 1 heterocycles. The molecular weight excluding hydrogens is 283 g/mol. The zero-order valence-electron chi connectivity index (χ0n) is 10.9. The molecular formula is C14H18Cl2N2O. The topological polar surface area (TPSA) is 46.3 Å². The summed E-state index contributed by atoms with van der Waals surface area (Å²) in [5, 5.41) is 0.939. The Morgan fingerprint density at radius 2 is 2.21 bits per heavy atom. The van der Waals surface area contributed by atoms with Gasteiger partial charge in [-0.1, -0.05) is 23.2 Å². The number of carbonyl (C=O) groups excluding carboxylic acids is 1. The fraction of sp³-hybridized carbons (Fsp3) is 0.500. The fourth-order valence-corrected chi connectivity index (χ4v) is 2.95. The third-order valence-electron chi connectivity index (χ3n) is 3.65. The van der Waals surface area contributed by atoms with E-state index < -0.39 is 0 Å². The molecule has 2 atom stereocenters. The maximum Gasteiger partial charge on any atom is 0.255 e. The highest BCUT2D eigenvalue weighted by molar-refractivity contribution is 6.36. The van der Waals surface area contributed by atoms with Crippen molar-refractivity contribution < 1.29 is 4.79 Å². The first-order chi connectivity index (χ1) is 8.99. The molecule has 0 unspecified atom stereocenters. The van der Waals surface area contributed by atoms with Gasteiger partial charge in [0.15, 0.2) is 0 Å². The molecule has 1 fully saturated rings. The van der Waals surface area contributed by atoms with Crippen molar-refractivity contribution in [3.8, 4) is 0 Å². The van der Waals surface area contributed by atoms with Gasteiger partial charge in [-0.05, 0) is 43.9 Å². The number of carbonyl (C=O) groups is 1. The molecule has 0 bridgehead atoms. The van der Waals surface area contributed by atoms with Gasteiger partial charge in [-0.3, -0.25) is 4.79 Å². The van der Waals surface area contributed by atoms with Crippen LogP contribution in [0.3, 0.4) is 0 Å². The summed E-state index contributed by atoms with van der Waals surface area (Å²) in [5.74, 6) is 0.329. The van der Waals surface area contributed by atoms with E-state index in [1.54, 1.807) is 18.2 Å². The van der Waals surface area contributed by atoms with Crippen LogP contribution in [0.15, 0.2) is 18.2 Å². The van der Waals surface area contributed by atoms with E-state index >= 15 is 0 Å². The molecule has 1 aliphatic rings. The average molecular weight is 301 g/mol.